The Morgan fingerprint density at radius 2 is 1.47 bits per heavy atom. The maximum atomic E-state index is 14.0. The molecule has 0 bridgehead atoms. The molecule has 1 heterocycles. The average Bonchev–Trinajstić information content (AvgIpc) is 3.12. The molecule has 4 aromatic carbocycles. The van der Waals surface area contributed by atoms with Gasteiger partial charge in [0.25, 0.3) is 8.32 Å². The van der Waals surface area contributed by atoms with E-state index >= 15 is 0 Å². The topological polar surface area (TPSA) is 85.7 Å². The molecule has 5 rings (SSSR count). The van der Waals surface area contributed by atoms with Crippen molar-refractivity contribution < 1.29 is 27.8 Å². The molecule has 53 heavy (non-hydrogen) atoms. The van der Waals surface area contributed by atoms with Gasteiger partial charge in [-0.1, -0.05) is 144 Å². The van der Waals surface area contributed by atoms with Gasteiger partial charge in [0.1, 0.15) is 11.9 Å². The zero-order valence-electron chi connectivity index (χ0n) is 31.1. The molecule has 0 aliphatic rings. The first kappa shape index (κ1) is 39.4. The van der Waals surface area contributed by atoms with Gasteiger partial charge in [-0.2, -0.15) is 0 Å². The second-order valence-corrected chi connectivity index (χ2v) is 19.9. The van der Waals surface area contributed by atoms with Crippen LogP contribution in [0.1, 0.15) is 63.8 Å². The lowest BCUT2D eigenvalue weighted by Crippen LogP contribution is -2.68. The molecule has 6 nitrogen and oxygen atoms in total. The summed E-state index contributed by atoms with van der Waals surface area (Å²) < 4.78 is 40.3. The van der Waals surface area contributed by atoms with Crippen LogP contribution in [-0.4, -0.2) is 43.2 Å². The van der Waals surface area contributed by atoms with Crippen molar-refractivity contribution in [3.8, 4) is 34.2 Å². The number of hydrogen-bond donors (Lipinski definition) is 1. The summed E-state index contributed by atoms with van der Waals surface area (Å²) in [4.78, 5) is 17.2. The Kier molecular flexibility index (Phi) is 12.9. The number of aromatic nitrogens is 1. The molecule has 1 aromatic heterocycles. The van der Waals surface area contributed by atoms with Gasteiger partial charge in [0.2, 0.25) is 6.16 Å². The highest BCUT2D eigenvalue weighted by atomic mass is 31.1. The van der Waals surface area contributed by atoms with Gasteiger partial charge in [-0.15, -0.1) is 4.52 Å². The summed E-state index contributed by atoms with van der Waals surface area (Å²) in [6.45, 7) is 12.3. The lowest BCUT2D eigenvalue weighted by atomic mass is 9.92. The zero-order valence-corrected chi connectivity index (χ0v) is 33.0. The van der Waals surface area contributed by atoms with Gasteiger partial charge in [-0.3, -0.25) is 9.78 Å². The van der Waals surface area contributed by atoms with E-state index < -0.39 is 33.5 Å². The Morgan fingerprint density at radius 3 is 2.02 bits per heavy atom. The second-order valence-electron chi connectivity index (χ2n) is 14.4. The van der Waals surface area contributed by atoms with Crippen molar-refractivity contribution in [2.24, 2.45) is 0 Å². The molecule has 0 fully saturated rings. The predicted octanol–water partition coefficient (Wildman–Crippen LogP) is 9.52. The molecule has 2 atom stereocenters. The van der Waals surface area contributed by atoms with Gasteiger partial charge in [0.05, 0.1) is 23.4 Å². The fraction of sp³-hybridized carbons (Fsp3) is 0.273. The number of carbonyl (C=O) groups is 1. The minimum atomic E-state index is -3.13. The van der Waals surface area contributed by atoms with Crippen molar-refractivity contribution in [3.05, 3.63) is 138 Å². The van der Waals surface area contributed by atoms with E-state index in [0.29, 0.717) is 5.56 Å². The number of pyridine rings is 1. The van der Waals surface area contributed by atoms with Crippen molar-refractivity contribution in [2.75, 3.05) is 12.8 Å². The van der Waals surface area contributed by atoms with Crippen molar-refractivity contribution in [1.82, 2.24) is 4.98 Å². The van der Waals surface area contributed by atoms with E-state index in [2.05, 4.69) is 32.6 Å². The summed E-state index contributed by atoms with van der Waals surface area (Å²) in [7, 11) is -5.47. The first-order valence-corrected chi connectivity index (χ1v) is 21.0. The lowest BCUT2D eigenvalue weighted by molar-refractivity contribution is -0.138. The fourth-order valence-corrected chi connectivity index (χ4v) is 12.4. The Bertz CT molecular complexity index is 2070. The summed E-state index contributed by atoms with van der Waals surface area (Å²) in [6.07, 6.45) is -1.33. The number of carboxylic acids is 1. The Balaban J connectivity index is 1.44. The highest BCUT2D eigenvalue weighted by Gasteiger charge is 2.52. The quantitative estimate of drug-likeness (QED) is 0.0734. The van der Waals surface area contributed by atoms with Gasteiger partial charge in [0, 0.05) is 11.1 Å². The molecule has 0 spiro atoms. The predicted molar refractivity (Wildman–Crippen MR) is 214 cm³/mol. The van der Waals surface area contributed by atoms with E-state index in [4.69, 9.17) is 13.9 Å². The van der Waals surface area contributed by atoms with Crippen LogP contribution >= 0.6 is 8.03 Å². The Labute approximate surface area is 314 Å². The van der Waals surface area contributed by atoms with Gasteiger partial charge in [0.15, 0.2) is 6.61 Å². The summed E-state index contributed by atoms with van der Waals surface area (Å²) in [5.41, 5.74) is 5.92. The molecule has 9 heteroatoms. The van der Waals surface area contributed by atoms with Gasteiger partial charge in [-0.05, 0) is 62.1 Å². The van der Waals surface area contributed by atoms with Crippen molar-refractivity contribution in [1.29, 1.82) is 0 Å². The van der Waals surface area contributed by atoms with Crippen LogP contribution in [0.25, 0.3) is 22.4 Å². The van der Waals surface area contributed by atoms with E-state index in [1.165, 1.54) is 12.1 Å². The molecule has 0 amide bonds. The minimum Gasteiger partial charge on any atom is -0.481 e. The Morgan fingerprint density at radius 1 is 0.887 bits per heavy atom. The van der Waals surface area contributed by atoms with E-state index in [1.54, 1.807) is 12.1 Å². The molecule has 0 aliphatic carbocycles. The summed E-state index contributed by atoms with van der Waals surface area (Å²) in [5, 5.41) is 11.5. The highest BCUT2D eigenvalue weighted by Crippen LogP contribution is 2.39. The third-order valence-corrected chi connectivity index (χ3v) is 15.4. The van der Waals surface area contributed by atoms with Crippen LogP contribution in [-0.2, 0) is 18.3 Å². The number of halogens is 1. The van der Waals surface area contributed by atoms with E-state index in [0.717, 1.165) is 44.0 Å². The third-order valence-electron chi connectivity index (χ3n) is 9.18. The highest BCUT2D eigenvalue weighted by molar-refractivity contribution is 7.39. The van der Waals surface area contributed by atoms with Crippen molar-refractivity contribution in [3.63, 3.8) is 0 Å². The van der Waals surface area contributed by atoms with Crippen LogP contribution in [0, 0.1) is 24.6 Å². The van der Waals surface area contributed by atoms with E-state index in [-0.39, 0.29) is 30.9 Å². The van der Waals surface area contributed by atoms with Crippen molar-refractivity contribution in [2.45, 2.75) is 65.0 Å². The van der Waals surface area contributed by atoms with Gasteiger partial charge in [-0.25, -0.2) is 4.39 Å². The number of rotatable bonds is 13. The van der Waals surface area contributed by atoms with E-state index in [9.17, 15) is 18.9 Å². The molecule has 0 saturated heterocycles. The number of aliphatic carboxylic acids is 1. The zero-order chi connectivity index (χ0) is 38.2. The fourth-order valence-electron chi connectivity index (χ4n) is 6.70. The minimum absolute atomic E-state index is 0.00965. The van der Waals surface area contributed by atoms with Crippen LogP contribution in [0.4, 0.5) is 4.39 Å². The molecule has 2 unspecified atom stereocenters. The number of nitrogens with zero attached hydrogens (tertiary/aromatic N) is 1. The number of hydrogen-bond acceptors (Lipinski definition) is 5. The standard InChI is InChI=1S/C44H45FNO5PSi/c1-31(2)43-39(40(33-23-25-34(45)26-24-33)29-41(46-43)38-21-14-13-16-32(38)3)22-15-27-50-52(49)30-35(28-42(47)48)51-53(44(4,5)6,36-17-9-7-10-18-36)37-19-11-8-12-20-37/h7-14,16-21,23-26,29,31,35H,27-28,30H2,1-6H3/p+1. The molecular formula is C44H46FNO5PSi+. The molecular weight excluding hydrogens is 701 g/mol. The van der Waals surface area contributed by atoms with Crippen LogP contribution in [0.15, 0.2) is 115 Å². The molecule has 0 aliphatic heterocycles. The molecule has 1 N–H and O–H groups in total. The summed E-state index contributed by atoms with van der Waals surface area (Å²) in [6, 6.07) is 36.1. The summed E-state index contributed by atoms with van der Waals surface area (Å²) in [5.74, 6) is 4.90. The summed E-state index contributed by atoms with van der Waals surface area (Å²) >= 11 is 0. The lowest BCUT2D eigenvalue weighted by Gasteiger charge is -2.44. The average molecular weight is 747 g/mol. The van der Waals surface area contributed by atoms with Crippen LogP contribution < -0.4 is 10.4 Å². The van der Waals surface area contributed by atoms with Gasteiger partial charge < -0.3 is 9.53 Å². The van der Waals surface area contributed by atoms with Crippen LogP contribution in [0.2, 0.25) is 5.04 Å². The largest absolute Gasteiger partial charge is 0.511 e. The van der Waals surface area contributed by atoms with Crippen LogP contribution in [0.5, 0.6) is 0 Å². The number of carboxylic acid groups (broad SMARTS) is 1. The molecule has 5 aromatic rings. The SMILES string of the molecule is Cc1ccccc1-c1cc(-c2ccc(F)cc2)c(C#CCO[P+](=O)CC(CC(=O)O)O[Si](c2ccccc2)(c2ccccc2)C(C)(C)C)c(C(C)C)n1. The van der Waals surface area contributed by atoms with E-state index in [1.807, 2.05) is 112 Å². The monoisotopic (exact) mass is 746 g/mol. The number of aryl methyl sites for hydroxylation is 1. The van der Waals surface area contributed by atoms with Gasteiger partial charge >= 0.3 is 14.0 Å². The van der Waals surface area contributed by atoms with Crippen LogP contribution in [0.3, 0.4) is 0 Å². The second kappa shape index (κ2) is 17.4. The molecule has 0 saturated carbocycles. The van der Waals surface area contributed by atoms with Crippen molar-refractivity contribution >= 4 is 32.7 Å². The molecule has 0 radical (unpaired) electrons. The first-order valence-electron chi connectivity index (χ1n) is 17.7. The Hall–Kier alpha value is -4.77. The maximum absolute atomic E-state index is 14.0. The smallest absolute Gasteiger partial charge is 0.481 e. The number of benzene rings is 4. The third kappa shape index (κ3) is 9.43. The normalized spacial score (nSPS) is 12.6. The maximum Gasteiger partial charge on any atom is 0.511 e. The first-order chi connectivity index (χ1) is 25.3. The molecule has 272 valence electrons.